The molecule has 3 rings (SSSR count). The van der Waals surface area contributed by atoms with Gasteiger partial charge in [-0.05, 0) is 59.7 Å². The molecule has 3 aromatic rings. The van der Waals surface area contributed by atoms with Crippen molar-refractivity contribution in [1.29, 1.82) is 0 Å². The van der Waals surface area contributed by atoms with Gasteiger partial charge in [0.05, 0.1) is 0 Å². The van der Waals surface area contributed by atoms with E-state index in [1.54, 1.807) is 0 Å². The molecule has 0 spiro atoms. The van der Waals surface area contributed by atoms with Gasteiger partial charge >= 0.3 is 0 Å². The lowest BCUT2D eigenvalue weighted by Gasteiger charge is -2.11. The van der Waals surface area contributed by atoms with Crippen molar-refractivity contribution in [3.8, 4) is 5.75 Å². The monoisotopic (exact) mass is 408 g/mol. The number of anilines is 2. The number of hydrogen-bond acceptors (Lipinski definition) is 3. The van der Waals surface area contributed by atoms with Gasteiger partial charge in [0.15, 0.2) is 0 Å². The first-order valence-electron chi connectivity index (χ1n) is 9.60. The highest BCUT2D eigenvalue weighted by atomic mass is 35.5. The van der Waals surface area contributed by atoms with E-state index in [4.69, 9.17) is 16.3 Å². The van der Waals surface area contributed by atoms with Gasteiger partial charge in [-0.25, -0.2) is 0 Å². The molecule has 3 aromatic carbocycles. The van der Waals surface area contributed by atoms with Crippen molar-refractivity contribution in [2.24, 2.45) is 5.92 Å². The Labute approximate surface area is 176 Å². The topological polar surface area (TPSA) is 50.4 Å². The minimum absolute atomic E-state index is 0.0149. The number of halogens is 1. The van der Waals surface area contributed by atoms with Crippen LogP contribution in [0.25, 0.3) is 0 Å². The van der Waals surface area contributed by atoms with Crippen molar-refractivity contribution in [2.75, 3.05) is 10.6 Å². The van der Waals surface area contributed by atoms with Gasteiger partial charge in [-0.1, -0.05) is 49.7 Å². The molecular weight excluding hydrogens is 384 g/mol. The van der Waals surface area contributed by atoms with Crippen LogP contribution in [0.3, 0.4) is 0 Å². The van der Waals surface area contributed by atoms with Crippen LogP contribution in [0.5, 0.6) is 5.75 Å². The number of amides is 1. The third kappa shape index (κ3) is 6.54. The third-order valence-electron chi connectivity index (χ3n) is 4.39. The minimum atomic E-state index is -0.0398. The molecule has 4 nitrogen and oxygen atoms in total. The SMILES string of the molecule is CC(C)C(=O)Nc1ccc(NCc2cccc(OCc3ccc(Cl)cc3)c2)cc1. The van der Waals surface area contributed by atoms with Crippen LogP contribution < -0.4 is 15.4 Å². The molecule has 0 aliphatic rings. The summed E-state index contributed by atoms with van der Waals surface area (Å²) in [5, 5.41) is 7.00. The van der Waals surface area contributed by atoms with Crippen LogP contribution in [0.2, 0.25) is 5.02 Å². The van der Waals surface area contributed by atoms with Crippen molar-refractivity contribution in [2.45, 2.75) is 27.0 Å². The fourth-order valence-electron chi connectivity index (χ4n) is 2.65. The van der Waals surface area contributed by atoms with Crippen LogP contribution in [0.1, 0.15) is 25.0 Å². The fraction of sp³-hybridized carbons (Fsp3) is 0.208. The highest BCUT2D eigenvalue weighted by Crippen LogP contribution is 2.19. The van der Waals surface area contributed by atoms with Crippen LogP contribution in [-0.4, -0.2) is 5.91 Å². The van der Waals surface area contributed by atoms with E-state index >= 15 is 0 Å². The predicted molar refractivity (Wildman–Crippen MR) is 119 cm³/mol. The molecule has 0 saturated carbocycles. The molecule has 0 unspecified atom stereocenters. The highest BCUT2D eigenvalue weighted by molar-refractivity contribution is 6.30. The predicted octanol–water partition coefficient (Wildman–Crippen LogP) is 6.13. The molecule has 0 radical (unpaired) electrons. The number of benzene rings is 3. The second-order valence-electron chi connectivity index (χ2n) is 7.14. The van der Waals surface area contributed by atoms with Crippen molar-refractivity contribution in [3.05, 3.63) is 88.9 Å². The summed E-state index contributed by atoms with van der Waals surface area (Å²) in [6.07, 6.45) is 0. The second kappa shape index (κ2) is 9.99. The number of hydrogen-bond donors (Lipinski definition) is 2. The van der Waals surface area contributed by atoms with Crippen LogP contribution in [-0.2, 0) is 17.9 Å². The summed E-state index contributed by atoms with van der Waals surface area (Å²) in [7, 11) is 0. The summed E-state index contributed by atoms with van der Waals surface area (Å²) >= 11 is 5.91. The van der Waals surface area contributed by atoms with Crippen LogP contribution in [0.15, 0.2) is 72.8 Å². The Morgan fingerprint density at radius 2 is 1.62 bits per heavy atom. The molecule has 0 aliphatic carbocycles. The summed E-state index contributed by atoms with van der Waals surface area (Å²) in [6.45, 7) is 4.92. The summed E-state index contributed by atoms with van der Waals surface area (Å²) in [5.74, 6) is 0.800. The molecule has 2 N–H and O–H groups in total. The first kappa shape index (κ1) is 20.7. The number of carbonyl (C=O) groups is 1. The Hall–Kier alpha value is -2.98. The lowest BCUT2D eigenvalue weighted by Crippen LogP contribution is -2.17. The van der Waals surface area contributed by atoms with Gasteiger partial charge in [-0.2, -0.15) is 0 Å². The highest BCUT2D eigenvalue weighted by Gasteiger charge is 2.06. The molecular formula is C24H25ClN2O2. The van der Waals surface area contributed by atoms with Crippen LogP contribution in [0.4, 0.5) is 11.4 Å². The van der Waals surface area contributed by atoms with Gasteiger partial charge in [-0.3, -0.25) is 4.79 Å². The first-order chi connectivity index (χ1) is 14.0. The van der Waals surface area contributed by atoms with E-state index in [9.17, 15) is 4.79 Å². The average Bonchev–Trinajstić information content (AvgIpc) is 2.73. The van der Waals surface area contributed by atoms with E-state index in [2.05, 4.69) is 16.7 Å². The van der Waals surface area contributed by atoms with Gasteiger partial charge in [0.25, 0.3) is 0 Å². The van der Waals surface area contributed by atoms with Crippen LogP contribution in [0, 0.1) is 5.92 Å². The van der Waals surface area contributed by atoms with E-state index in [0.717, 1.165) is 33.3 Å². The van der Waals surface area contributed by atoms with Gasteiger partial charge in [0.1, 0.15) is 12.4 Å². The Morgan fingerprint density at radius 3 is 2.31 bits per heavy atom. The molecule has 0 fully saturated rings. The van der Waals surface area contributed by atoms with Gasteiger partial charge < -0.3 is 15.4 Å². The van der Waals surface area contributed by atoms with E-state index in [0.29, 0.717) is 13.2 Å². The number of rotatable bonds is 8. The summed E-state index contributed by atoms with van der Waals surface area (Å²) < 4.78 is 5.89. The molecule has 150 valence electrons. The zero-order valence-corrected chi connectivity index (χ0v) is 17.4. The Morgan fingerprint density at radius 1 is 0.931 bits per heavy atom. The minimum Gasteiger partial charge on any atom is -0.489 e. The van der Waals surface area contributed by atoms with Crippen molar-refractivity contribution < 1.29 is 9.53 Å². The third-order valence-corrected chi connectivity index (χ3v) is 4.64. The molecule has 0 aliphatic heterocycles. The molecule has 1 amide bonds. The Bertz CT molecular complexity index is 938. The normalized spacial score (nSPS) is 10.6. The first-order valence-corrected chi connectivity index (χ1v) is 9.98. The standard InChI is InChI=1S/C24H25ClN2O2/c1-17(2)24(28)27-22-12-10-21(11-13-22)26-15-19-4-3-5-23(14-19)29-16-18-6-8-20(25)9-7-18/h3-14,17,26H,15-16H2,1-2H3,(H,27,28). The summed E-state index contributed by atoms with van der Waals surface area (Å²) in [6, 6.07) is 23.4. The zero-order chi connectivity index (χ0) is 20.6. The maximum Gasteiger partial charge on any atom is 0.226 e. The average molecular weight is 409 g/mol. The largest absolute Gasteiger partial charge is 0.489 e. The summed E-state index contributed by atoms with van der Waals surface area (Å²) in [4.78, 5) is 11.8. The molecule has 0 saturated heterocycles. The Kier molecular flexibility index (Phi) is 7.14. The van der Waals surface area contributed by atoms with Gasteiger partial charge in [0.2, 0.25) is 5.91 Å². The quantitative estimate of drug-likeness (QED) is 0.471. The van der Waals surface area contributed by atoms with E-state index in [1.807, 2.05) is 80.6 Å². The van der Waals surface area contributed by atoms with Gasteiger partial charge in [0, 0.05) is 28.9 Å². The van der Waals surface area contributed by atoms with E-state index in [-0.39, 0.29) is 11.8 Å². The van der Waals surface area contributed by atoms with Crippen LogP contribution >= 0.6 is 11.6 Å². The second-order valence-corrected chi connectivity index (χ2v) is 7.57. The Balaban J connectivity index is 1.52. The maximum atomic E-state index is 11.8. The fourth-order valence-corrected chi connectivity index (χ4v) is 2.78. The van der Waals surface area contributed by atoms with E-state index < -0.39 is 0 Å². The zero-order valence-electron chi connectivity index (χ0n) is 16.6. The van der Waals surface area contributed by atoms with E-state index in [1.165, 1.54) is 0 Å². The number of nitrogens with one attached hydrogen (secondary N) is 2. The molecule has 29 heavy (non-hydrogen) atoms. The number of carbonyl (C=O) groups excluding carboxylic acids is 1. The smallest absolute Gasteiger partial charge is 0.226 e. The van der Waals surface area contributed by atoms with Gasteiger partial charge in [-0.15, -0.1) is 0 Å². The molecule has 5 heteroatoms. The molecule has 0 atom stereocenters. The van der Waals surface area contributed by atoms with Crippen molar-refractivity contribution in [3.63, 3.8) is 0 Å². The molecule has 0 heterocycles. The summed E-state index contributed by atoms with van der Waals surface area (Å²) in [5.41, 5.74) is 3.98. The van der Waals surface area contributed by atoms with Crippen molar-refractivity contribution >= 4 is 28.9 Å². The maximum absolute atomic E-state index is 11.8. The molecule has 0 bridgehead atoms. The van der Waals surface area contributed by atoms with Crippen molar-refractivity contribution in [1.82, 2.24) is 0 Å². The lowest BCUT2D eigenvalue weighted by atomic mass is 10.2. The lowest BCUT2D eigenvalue weighted by molar-refractivity contribution is -0.118. The molecule has 0 aromatic heterocycles. The number of ether oxygens (including phenoxy) is 1.